The molecule has 0 aromatic heterocycles. The monoisotopic (exact) mass is 343 g/mol. The number of ether oxygens (including phenoxy) is 1. The van der Waals surface area contributed by atoms with Gasteiger partial charge in [0.2, 0.25) is 10.0 Å². The van der Waals surface area contributed by atoms with E-state index in [9.17, 15) is 8.42 Å². The van der Waals surface area contributed by atoms with E-state index in [2.05, 4.69) is 16.6 Å². The molecule has 0 amide bonds. The molecule has 2 rings (SSSR count). The second-order valence-electron chi connectivity index (χ2n) is 6.50. The summed E-state index contributed by atoms with van der Waals surface area (Å²) in [5.74, 6) is 7.28. The van der Waals surface area contributed by atoms with Crippen LogP contribution in [0.2, 0.25) is 0 Å². The Morgan fingerprint density at radius 1 is 1.04 bits per heavy atom. The Balaban J connectivity index is 2.42. The molecule has 0 fully saturated rings. The Bertz CT molecular complexity index is 870. The molecule has 0 radical (unpaired) electrons. The van der Waals surface area contributed by atoms with Crippen molar-refractivity contribution in [2.24, 2.45) is 5.41 Å². The molecule has 0 saturated heterocycles. The van der Waals surface area contributed by atoms with Crippen LogP contribution < -0.4 is 9.46 Å². The van der Waals surface area contributed by atoms with Gasteiger partial charge in [-0.2, -0.15) is 0 Å². The fourth-order valence-electron chi connectivity index (χ4n) is 1.84. The summed E-state index contributed by atoms with van der Waals surface area (Å²) in [5, 5.41) is 0. The van der Waals surface area contributed by atoms with Gasteiger partial charge < -0.3 is 4.74 Å². The van der Waals surface area contributed by atoms with Gasteiger partial charge in [0.25, 0.3) is 0 Å². The molecule has 2 aromatic carbocycles. The molecule has 1 N–H and O–H groups in total. The van der Waals surface area contributed by atoms with Crippen LogP contribution in [0.25, 0.3) is 0 Å². The van der Waals surface area contributed by atoms with Gasteiger partial charge in [-0.3, -0.25) is 4.72 Å². The highest BCUT2D eigenvalue weighted by Crippen LogP contribution is 2.31. The summed E-state index contributed by atoms with van der Waals surface area (Å²) < 4.78 is 31.4. The summed E-state index contributed by atoms with van der Waals surface area (Å²) in [5.41, 5.74) is 1.02. The standard InChI is InChI=1S/C19H21NO3S/c1-19(2,3)13-12-15-10-11-17(20-24(4,21)22)18(14-15)23-16-8-6-5-7-9-16/h5-11,14,20H,1-4H3. The lowest BCUT2D eigenvalue weighted by Gasteiger charge is -2.13. The molecular weight excluding hydrogens is 322 g/mol. The van der Waals surface area contributed by atoms with Crippen molar-refractivity contribution >= 4 is 15.7 Å². The maximum atomic E-state index is 11.6. The zero-order chi connectivity index (χ0) is 17.8. The minimum Gasteiger partial charge on any atom is -0.455 e. The molecule has 0 bridgehead atoms. The molecule has 126 valence electrons. The van der Waals surface area contributed by atoms with Crippen molar-refractivity contribution in [2.75, 3.05) is 11.0 Å². The fraction of sp³-hybridized carbons (Fsp3) is 0.263. The zero-order valence-electron chi connectivity index (χ0n) is 14.3. The molecule has 4 nitrogen and oxygen atoms in total. The minimum atomic E-state index is -3.41. The van der Waals surface area contributed by atoms with E-state index in [1.54, 1.807) is 30.3 Å². The Morgan fingerprint density at radius 3 is 2.29 bits per heavy atom. The highest BCUT2D eigenvalue weighted by Gasteiger charge is 2.11. The number of benzene rings is 2. The molecule has 0 aliphatic carbocycles. The van der Waals surface area contributed by atoms with Crippen LogP contribution in [0.5, 0.6) is 11.5 Å². The van der Waals surface area contributed by atoms with E-state index in [0.717, 1.165) is 11.8 Å². The SMILES string of the molecule is CC(C)(C)C#Cc1ccc(NS(C)(=O)=O)c(Oc2ccccc2)c1. The molecule has 0 aliphatic heterocycles. The Hall–Kier alpha value is -2.45. The quantitative estimate of drug-likeness (QED) is 0.845. The summed E-state index contributed by atoms with van der Waals surface area (Å²) in [4.78, 5) is 0. The molecule has 0 unspecified atom stereocenters. The fourth-order valence-corrected chi connectivity index (χ4v) is 2.41. The van der Waals surface area contributed by atoms with Gasteiger partial charge in [-0.15, -0.1) is 0 Å². The van der Waals surface area contributed by atoms with Gasteiger partial charge in [0.1, 0.15) is 5.75 Å². The van der Waals surface area contributed by atoms with Crippen LogP contribution in [0.15, 0.2) is 48.5 Å². The van der Waals surface area contributed by atoms with Crippen LogP contribution in [0.1, 0.15) is 26.3 Å². The highest BCUT2D eigenvalue weighted by molar-refractivity contribution is 7.92. The number of nitrogens with one attached hydrogen (secondary N) is 1. The van der Waals surface area contributed by atoms with Gasteiger partial charge in [-0.1, -0.05) is 30.0 Å². The van der Waals surface area contributed by atoms with Gasteiger partial charge in [0.05, 0.1) is 11.9 Å². The summed E-state index contributed by atoms with van der Waals surface area (Å²) in [6.45, 7) is 6.09. The molecule has 24 heavy (non-hydrogen) atoms. The van der Waals surface area contributed by atoms with Crippen molar-refractivity contribution in [1.82, 2.24) is 0 Å². The number of hydrogen-bond donors (Lipinski definition) is 1. The largest absolute Gasteiger partial charge is 0.455 e. The molecule has 0 spiro atoms. The van der Waals surface area contributed by atoms with E-state index in [0.29, 0.717) is 17.2 Å². The summed E-state index contributed by atoms with van der Waals surface area (Å²) in [6, 6.07) is 14.4. The van der Waals surface area contributed by atoms with E-state index >= 15 is 0 Å². The number of sulfonamides is 1. The summed E-state index contributed by atoms with van der Waals surface area (Å²) in [6.07, 6.45) is 1.10. The van der Waals surface area contributed by atoms with Gasteiger partial charge >= 0.3 is 0 Å². The van der Waals surface area contributed by atoms with Crippen molar-refractivity contribution in [3.05, 3.63) is 54.1 Å². The molecular formula is C19H21NO3S. The van der Waals surface area contributed by atoms with Crippen LogP contribution >= 0.6 is 0 Å². The first-order valence-electron chi connectivity index (χ1n) is 7.50. The van der Waals surface area contributed by atoms with Gasteiger partial charge in [-0.25, -0.2) is 8.42 Å². The Kier molecular flexibility index (Phi) is 5.20. The third-order valence-corrected chi connectivity index (χ3v) is 3.42. The molecule has 0 aliphatic rings. The van der Waals surface area contributed by atoms with Crippen LogP contribution in [0.3, 0.4) is 0 Å². The molecule has 5 heteroatoms. The lowest BCUT2D eigenvalue weighted by molar-refractivity contribution is 0.484. The number of rotatable bonds is 4. The maximum Gasteiger partial charge on any atom is 0.229 e. The van der Waals surface area contributed by atoms with E-state index in [1.165, 1.54) is 0 Å². The number of hydrogen-bond acceptors (Lipinski definition) is 3. The molecule has 0 atom stereocenters. The third kappa shape index (κ3) is 5.98. The van der Waals surface area contributed by atoms with Crippen molar-refractivity contribution < 1.29 is 13.2 Å². The lowest BCUT2D eigenvalue weighted by Crippen LogP contribution is -2.10. The van der Waals surface area contributed by atoms with E-state index in [1.807, 2.05) is 39.0 Å². The van der Waals surface area contributed by atoms with E-state index in [4.69, 9.17) is 4.74 Å². The topological polar surface area (TPSA) is 55.4 Å². The second-order valence-corrected chi connectivity index (χ2v) is 8.25. The first kappa shape index (κ1) is 17.9. The zero-order valence-corrected chi connectivity index (χ0v) is 15.1. The van der Waals surface area contributed by atoms with Crippen molar-refractivity contribution in [3.63, 3.8) is 0 Å². The van der Waals surface area contributed by atoms with Crippen molar-refractivity contribution in [1.29, 1.82) is 0 Å². The smallest absolute Gasteiger partial charge is 0.229 e. The average molecular weight is 343 g/mol. The molecule has 2 aromatic rings. The van der Waals surface area contributed by atoms with Gasteiger partial charge in [0.15, 0.2) is 5.75 Å². The van der Waals surface area contributed by atoms with Gasteiger partial charge in [-0.05, 0) is 51.1 Å². The van der Waals surface area contributed by atoms with Crippen molar-refractivity contribution in [3.8, 4) is 23.3 Å². The lowest BCUT2D eigenvalue weighted by atomic mass is 9.97. The third-order valence-electron chi connectivity index (χ3n) is 2.83. The number of para-hydroxylation sites is 1. The Morgan fingerprint density at radius 2 is 1.71 bits per heavy atom. The predicted molar refractivity (Wildman–Crippen MR) is 97.8 cm³/mol. The van der Waals surface area contributed by atoms with Crippen LogP contribution in [-0.2, 0) is 10.0 Å². The van der Waals surface area contributed by atoms with Gasteiger partial charge in [0, 0.05) is 11.0 Å². The normalized spacial score (nSPS) is 11.3. The minimum absolute atomic E-state index is 0.121. The summed E-state index contributed by atoms with van der Waals surface area (Å²) >= 11 is 0. The molecule has 0 saturated carbocycles. The predicted octanol–water partition coefficient (Wildman–Crippen LogP) is 4.25. The van der Waals surface area contributed by atoms with E-state index in [-0.39, 0.29) is 5.41 Å². The maximum absolute atomic E-state index is 11.6. The van der Waals surface area contributed by atoms with Crippen LogP contribution in [-0.4, -0.2) is 14.7 Å². The first-order valence-corrected chi connectivity index (χ1v) is 9.39. The second kappa shape index (κ2) is 6.98. The van der Waals surface area contributed by atoms with Crippen molar-refractivity contribution in [2.45, 2.75) is 20.8 Å². The summed E-state index contributed by atoms with van der Waals surface area (Å²) in [7, 11) is -3.41. The number of anilines is 1. The van der Waals surface area contributed by atoms with Crippen LogP contribution in [0, 0.1) is 17.3 Å². The van der Waals surface area contributed by atoms with E-state index < -0.39 is 10.0 Å². The average Bonchev–Trinajstić information content (AvgIpc) is 2.46. The molecule has 0 heterocycles. The van der Waals surface area contributed by atoms with Crippen LogP contribution in [0.4, 0.5) is 5.69 Å². The first-order chi connectivity index (χ1) is 11.1. The Labute approximate surface area is 143 Å². The highest BCUT2D eigenvalue weighted by atomic mass is 32.2.